The van der Waals surface area contributed by atoms with Crippen molar-refractivity contribution in [1.29, 1.82) is 0 Å². The minimum Gasteiger partial charge on any atom is -0.461 e. The number of likely N-dealkylation sites (tertiary alicyclic amines) is 2. The van der Waals surface area contributed by atoms with Crippen LogP contribution in [0.15, 0.2) is 52.0 Å². The highest BCUT2D eigenvalue weighted by molar-refractivity contribution is 6.11. The van der Waals surface area contributed by atoms with Crippen LogP contribution < -0.4 is 16.4 Å². The zero-order chi connectivity index (χ0) is 28.9. The van der Waals surface area contributed by atoms with Crippen LogP contribution in [0.25, 0.3) is 11.0 Å². The molecule has 3 aromatic rings. The Labute approximate surface area is 237 Å². The SMILES string of the molecule is Cc1cc2cc(NC(=N[C@H]3CCCCN(CC(=O)N4CCCC4)C3=O)NC(=O)c3ccc(C(N)=O)nc3)ccc2o1. The Kier molecular flexibility index (Phi) is 8.27. The number of hydrogen-bond acceptors (Lipinski definition) is 7. The number of anilines is 1. The molecule has 1 aromatic carbocycles. The van der Waals surface area contributed by atoms with Crippen molar-refractivity contribution in [3.05, 3.63) is 59.6 Å². The number of aromatic nitrogens is 1. The predicted octanol–water partition coefficient (Wildman–Crippen LogP) is 2.44. The Bertz CT molecular complexity index is 1490. The van der Waals surface area contributed by atoms with E-state index in [1.165, 1.54) is 18.3 Å². The molecule has 0 aliphatic carbocycles. The molecule has 1 atom stereocenters. The summed E-state index contributed by atoms with van der Waals surface area (Å²) in [6.45, 7) is 3.80. The topological polar surface area (TPSA) is 163 Å². The molecule has 2 saturated heterocycles. The second kappa shape index (κ2) is 12.2. The number of nitrogens with zero attached hydrogens (tertiary/aromatic N) is 4. The van der Waals surface area contributed by atoms with Gasteiger partial charge in [-0.05, 0) is 75.4 Å². The van der Waals surface area contributed by atoms with Crippen molar-refractivity contribution in [2.24, 2.45) is 10.7 Å². The van der Waals surface area contributed by atoms with Crippen molar-refractivity contribution in [2.75, 3.05) is 31.5 Å². The molecule has 12 nitrogen and oxygen atoms in total. The van der Waals surface area contributed by atoms with E-state index in [1.54, 1.807) is 21.9 Å². The van der Waals surface area contributed by atoms with Crippen LogP contribution in [0.3, 0.4) is 0 Å². The third-order valence-corrected chi connectivity index (χ3v) is 7.23. The van der Waals surface area contributed by atoms with Crippen LogP contribution >= 0.6 is 0 Å². The summed E-state index contributed by atoms with van der Waals surface area (Å²) in [6, 6.07) is 9.34. The molecule has 4 amide bonds. The fourth-order valence-corrected chi connectivity index (χ4v) is 5.09. The smallest absolute Gasteiger partial charge is 0.267 e. The molecule has 0 radical (unpaired) electrons. The number of rotatable bonds is 6. The van der Waals surface area contributed by atoms with E-state index in [0.29, 0.717) is 24.2 Å². The minimum atomic E-state index is -0.790. The number of guanidine groups is 1. The van der Waals surface area contributed by atoms with Crippen molar-refractivity contribution in [2.45, 2.75) is 45.1 Å². The maximum absolute atomic E-state index is 13.6. The van der Waals surface area contributed by atoms with Crippen molar-refractivity contribution in [3.63, 3.8) is 0 Å². The number of aliphatic imine (C=N–C) groups is 1. The lowest BCUT2D eigenvalue weighted by molar-refractivity contribution is -0.140. The molecule has 0 unspecified atom stereocenters. The molecule has 2 aliphatic heterocycles. The summed E-state index contributed by atoms with van der Waals surface area (Å²) in [5.74, 6) is -0.717. The lowest BCUT2D eigenvalue weighted by Gasteiger charge is -2.25. The number of primary amides is 1. The Balaban J connectivity index is 1.40. The molecule has 214 valence electrons. The molecule has 4 N–H and O–H groups in total. The lowest BCUT2D eigenvalue weighted by atomic mass is 10.1. The normalized spacial score (nSPS) is 17.9. The average molecular weight is 560 g/mol. The zero-order valence-corrected chi connectivity index (χ0v) is 22.9. The molecular weight excluding hydrogens is 526 g/mol. The molecule has 2 aromatic heterocycles. The number of benzene rings is 1. The first-order valence-corrected chi connectivity index (χ1v) is 13.8. The third kappa shape index (κ3) is 6.71. The number of hydrogen-bond donors (Lipinski definition) is 3. The van der Waals surface area contributed by atoms with E-state index in [9.17, 15) is 19.2 Å². The first kappa shape index (κ1) is 27.8. The Hall–Kier alpha value is -4.74. The summed E-state index contributed by atoms with van der Waals surface area (Å²) in [6.07, 6.45) is 5.18. The van der Waals surface area contributed by atoms with E-state index >= 15 is 0 Å². The van der Waals surface area contributed by atoms with Gasteiger partial charge in [-0.25, -0.2) is 4.99 Å². The first-order chi connectivity index (χ1) is 19.8. The van der Waals surface area contributed by atoms with Crippen molar-refractivity contribution in [1.82, 2.24) is 20.1 Å². The summed E-state index contributed by atoms with van der Waals surface area (Å²) in [5, 5.41) is 6.74. The van der Waals surface area contributed by atoms with E-state index in [0.717, 1.165) is 49.9 Å². The minimum absolute atomic E-state index is 0.0222. The monoisotopic (exact) mass is 559 g/mol. The van der Waals surface area contributed by atoms with E-state index in [4.69, 9.17) is 10.2 Å². The number of nitrogens with two attached hydrogens (primary N) is 1. The van der Waals surface area contributed by atoms with Crippen LogP contribution in [0.2, 0.25) is 0 Å². The highest BCUT2D eigenvalue weighted by Gasteiger charge is 2.30. The number of carbonyl (C=O) groups is 4. The van der Waals surface area contributed by atoms with Crippen LogP contribution in [0.5, 0.6) is 0 Å². The van der Waals surface area contributed by atoms with E-state index < -0.39 is 17.9 Å². The van der Waals surface area contributed by atoms with Gasteiger partial charge in [-0.2, -0.15) is 0 Å². The van der Waals surface area contributed by atoms with Crippen molar-refractivity contribution in [3.8, 4) is 0 Å². The summed E-state index contributed by atoms with van der Waals surface area (Å²) in [4.78, 5) is 62.8. The fraction of sp³-hybridized carbons (Fsp3) is 0.379. The van der Waals surface area contributed by atoms with Gasteiger partial charge in [0.15, 0.2) is 0 Å². The molecule has 0 spiro atoms. The fourth-order valence-electron chi connectivity index (χ4n) is 5.09. The van der Waals surface area contributed by atoms with E-state index in [1.807, 2.05) is 19.1 Å². The highest BCUT2D eigenvalue weighted by Crippen LogP contribution is 2.23. The molecule has 2 aliphatic rings. The van der Waals surface area contributed by atoms with Gasteiger partial charge in [-0.15, -0.1) is 0 Å². The standard InChI is InChI=1S/C29H33N7O5/c1-18-14-20-15-21(8-10-24(20)41-18)32-29(34-27(39)19-7-9-22(26(30)38)31-16-19)33-23-6-2-3-13-36(28(23)40)17-25(37)35-11-4-5-12-35/h7-10,14-16,23H,2-6,11-13,17H2,1H3,(H2,30,38)(H2,32,33,34,39)/t23-/m0/s1. The molecule has 4 heterocycles. The molecule has 0 bridgehead atoms. The molecule has 0 saturated carbocycles. The molecule has 41 heavy (non-hydrogen) atoms. The van der Waals surface area contributed by atoms with Gasteiger partial charge < -0.3 is 25.3 Å². The van der Waals surface area contributed by atoms with Crippen LogP contribution in [0.1, 0.15) is 58.7 Å². The molecule has 12 heteroatoms. The van der Waals surface area contributed by atoms with E-state index in [-0.39, 0.29) is 35.6 Å². The lowest BCUT2D eigenvalue weighted by Crippen LogP contribution is -2.45. The largest absolute Gasteiger partial charge is 0.461 e. The van der Waals surface area contributed by atoms with Gasteiger partial charge >= 0.3 is 0 Å². The van der Waals surface area contributed by atoms with Gasteiger partial charge in [-0.1, -0.05) is 0 Å². The van der Waals surface area contributed by atoms with E-state index in [2.05, 4.69) is 20.6 Å². The number of nitrogens with one attached hydrogen (secondary N) is 2. The third-order valence-electron chi connectivity index (χ3n) is 7.23. The van der Waals surface area contributed by atoms with Gasteiger partial charge in [-0.3, -0.25) is 29.5 Å². The number of amides is 4. The summed E-state index contributed by atoms with van der Waals surface area (Å²) in [7, 11) is 0. The molecular formula is C29H33N7O5. The zero-order valence-electron chi connectivity index (χ0n) is 22.9. The maximum atomic E-state index is 13.6. The van der Waals surface area contributed by atoms with Crippen LogP contribution in [-0.2, 0) is 9.59 Å². The summed E-state index contributed by atoms with van der Waals surface area (Å²) < 4.78 is 5.66. The Morgan fingerprint density at radius 3 is 2.59 bits per heavy atom. The number of carbonyl (C=O) groups excluding carboxylic acids is 4. The van der Waals surface area contributed by atoms with Crippen LogP contribution in [0.4, 0.5) is 5.69 Å². The van der Waals surface area contributed by atoms with Crippen LogP contribution in [-0.4, -0.2) is 76.6 Å². The number of fused-ring (bicyclic) bond motifs is 1. The van der Waals surface area contributed by atoms with Crippen molar-refractivity contribution < 1.29 is 23.6 Å². The summed E-state index contributed by atoms with van der Waals surface area (Å²) in [5.41, 5.74) is 6.81. The van der Waals surface area contributed by atoms with Gasteiger partial charge in [0.25, 0.3) is 11.8 Å². The van der Waals surface area contributed by atoms with Gasteiger partial charge in [0.1, 0.15) is 23.1 Å². The van der Waals surface area contributed by atoms with Gasteiger partial charge in [0, 0.05) is 36.9 Å². The average Bonchev–Trinajstić information content (AvgIpc) is 3.59. The van der Waals surface area contributed by atoms with Gasteiger partial charge in [0.2, 0.25) is 17.8 Å². The summed E-state index contributed by atoms with van der Waals surface area (Å²) >= 11 is 0. The van der Waals surface area contributed by atoms with Gasteiger partial charge in [0.05, 0.1) is 12.1 Å². The molecule has 5 rings (SSSR count). The first-order valence-electron chi connectivity index (χ1n) is 13.8. The second-order valence-electron chi connectivity index (χ2n) is 10.3. The Morgan fingerprint density at radius 2 is 1.85 bits per heavy atom. The maximum Gasteiger partial charge on any atom is 0.267 e. The number of pyridine rings is 1. The van der Waals surface area contributed by atoms with Crippen LogP contribution in [0, 0.1) is 6.92 Å². The number of furan rings is 1. The molecule has 2 fully saturated rings. The predicted molar refractivity (Wildman–Crippen MR) is 152 cm³/mol. The number of aryl methyl sites for hydroxylation is 1. The Morgan fingerprint density at radius 1 is 1.07 bits per heavy atom. The van der Waals surface area contributed by atoms with Crippen molar-refractivity contribution >= 4 is 46.2 Å². The highest BCUT2D eigenvalue weighted by atomic mass is 16.3. The second-order valence-corrected chi connectivity index (χ2v) is 10.3. The quantitative estimate of drug-likeness (QED) is 0.308.